The van der Waals surface area contributed by atoms with Gasteiger partial charge in [-0.3, -0.25) is 14.8 Å². The zero-order valence-corrected chi connectivity index (χ0v) is 11.2. The Morgan fingerprint density at radius 3 is 2.90 bits per heavy atom. The normalized spacial score (nSPS) is 10.3. The molecule has 0 aliphatic carbocycles. The molecule has 0 radical (unpaired) electrons. The topological polar surface area (TPSA) is 68.0 Å². The van der Waals surface area contributed by atoms with Crippen molar-refractivity contribution in [2.24, 2.45) is 0 Å². The number of hydrogen-bond acceptors (Lipinski definition) is 4. The van der Waals surface area contributed by atoms with E-state index >= 15 is 0 Å². The van der Waals surface area contributed by atoms with Crippen LogP contribution in [0.4, 0.5) is 0 Å². The minimum absolute atomic E-state index is 0.236. The monoisotopic (exact) mass is 279 g/mol. The lowest BCUT2D eigenvalue weighted by Gasteiger charge is -2.05. The van der Waals surface area contributed by atoms with Gasteiger partial charge in [0.05, 0.1) is 12.0 Å². The van der Waals surface area contributed by atoms with E-state index in [-0.39, 0.29) is 5.91 Å². The highest BCUT2D eigenvalue weighted by Crippen LogP contribution is 2.16. The van der Waals surface area contributed by atoms with E-state index in [1.165, 1.54) is 6.26 Å². The van der Waals surface area contributed by atoms with Crippen molar-refractivity contribution in [1.82, 2.24) is 15.3 Å². The summed E-state index contributed by atoms with van der Waals surface area (Å²) in [6, 6.07) is 10.9. The number of carbonyl (C=O) groups excluding carboxylic acids is 1. The standard InChI is InChI=1S/C16H13N3O2/c20-16(15-4-2-8-21-15)19-10-12-5-7-18-14(9-12)13-3-1-6-17-11-13/h1-9,11H,10H2,(H,19,20). The second-order valence-corrected chi connectivity index (χ2v) is 4.45. The summed E-state index contributed by atoms with van der Waals surface area (Å²) in [4.78, 5) is 20.2. The molecule has 1 N–H and O–H groups in total. The molecule has 5 heteroatoms. The molecule has 0 atom stereocenters. The maximum Gasteiger partial charge on any atom is 0.287 e. The van der Waals surface area contributed by atoms with Crippen LogP contribution in [0.15, 0.2) is 65.7 Å². The first-order valence-corrected chi connectivity index (χ1v) is 6.50. The third-order valence-corrected chi connectivity index (χ3v) is 2.98. The van der Waals surface area contributed by atoms with Crippen LogP contribution in [0, 0.1) is 0 Å². The third-order valence-electron chi connectivity index (χ3n) is 2.98. The van der Waals surface area contributed by atoms with Crippen LogP contribution in [0.2, 0.25) is 0 Å². The number of furan rings is 1. The van der Waals surface area contributed by atoms with Crippen molar-refractivity contribution in [1.29, 1.82) is 0 Å². The number of nitrogens with one attached hydrogen (secondary N) is 1. The molecule has 5 nitrogen and oxygen atoms in total. The fraction of sp³-hybridized carbons (Fsp3) is 0.0625. The van der Waals surface area contributed by atoms with E-state index in [9.17, 15) is 4.79 Å². The molecule has 0 aliphatic rings. The number of aromatic nitrogens is 2. The maximum atomic E-state index is 11.8. The Labute approximate surface area is 121 Å². The summed E-state index contributed by atoms with van der Waals surface area (Å²) >= 11 is 0. The highest BCUT2D eigenvalue weighted by Gasteiger charge is 2.08. The molecule has 3 rings (SSSR count). The average molecular weight is 279 g/mol. The first kappa shape index (κ1) is 13.1. The molecule has 1 amide bonds. The van der Waals surface area contributed by atoms with Gasteiger partial charge in [-0.1, -0.05) is 0 Å². The summed E-state index contributed by atoms with van der Waals surface area (Å²) in [6.07, 6.45) is 6.67. The van der Waals surface area contributed by atoms with Gasteiger partial charge in [-0.2, -0.15) is 0 Å². The minimum atomic E-state index is -0.236. The summed E-state index contributed by atoms with van der Waals surface area (Å²) in [7, 11) is 0. The summed E-state index contributed by atoms with van der Waals surface area (Å²) in [5, 5.41) is 2.80. The first-order chi connectivity index (χ1) is 10.3. The predicted molar refractivity (Wildman–Crippen MR) is 77.3 cm³/mol. The Bertz CT molecular complexity index is 724. The number of pyridine rings is 2. The summed E-state index contributed by atoms with van der Waals surface area (Å²) in [6.45, 7) is 0.412. The Morgan fingerprint density at radius 2 is 2.14 bits per heavy atom. The Morgan fingerprint density at radius 1 is 1.19 bits per heavy atom. The van der Waals surface area contributed by atoms with Crippen LogP contribution >= 0.6 is 0 Å². The van der Waals surface area contributed by atoms with E-state index in [0.717, 1.165) is 16.8 Å². The maximum absolute atomic E-state index is 11.8. The molecule has 0 saturated heterocycles. The minimum Gasteiger partial charge on any atom is -0.459 e. The van der Waals surface area contributed by atoms with Gasteiger partial charge in [0.25, 0.3) is 5.91 Å². The van der Waals surface area contributed by atoms with Crippen LogP contribution in [0.5, 0.6) is 0 Å². The van der Waals surface area contributed by atoms with Crippen LogP contribution in [-0.4, -0.2) is 15.9 Å². The first-order valence-electron chi connectivity index (χ1n) is 6.50. The number of rotatable bonds is 4. The summed E-state index contributed by atoms with van der Waals surface area (Å²) in [5.74, 6) is 0.0660. The van der Waals surface area contributed by atoms with Crippen molar-refractivity contribution < 1.29 is 9.21 Å². The van der Waals surface area contributed by atoms with E-state index in [1.54, 1.807) is 30.7 Å². The Balaban J connectivity index is 1.71. The second kappa shape index (κ2) is 6.00. The van der Waals surface area contributed by atoms with Crippen LogP contribution in [0.1, 0.15) is 16.1 Å². The number of amides is 1. The molecule has 3 aromatic heterocycles. The molecule has 0 aromatic carbocycles. The van der Waals surface area contributed by atoms with Crippen molar-refractivity contribution in [3.8, 4) is 11.3 Å². The number of nitrogens with zero attached hydrogens (tertiary/aromatic N) is 2. The molecule has 0 aliphatic heterocycles. The molecule has 0 fully saturated rings. The third kappa shape index (κ3) is 3.14. The van der Waals surface area contributed by atoms with E-state index in [1.807, 2.05) is 24.3 Å². The van der Waals surface area contributed by atoms with Crippen LogP contribution in [-0.2, 0) is 6.54 Å². The van der Waals surface area contributed by atoms with Crippen molar-refractivity contribution in [2.75, 3.05) is 0 Å². The van der Waals surface area contributed by atoms with Gasteiger partial charge in [-0.25, -0.2) is 0 Å². The molecular weight excluding hydrogens is 266 g/mol. The largest absolute Gasteiger partial charge is 0.459 e. The molecule has 3 heterocycles. The average Bonchev–Trinajstić information content (AvgIpc) is 3.08. The fourth-order valence-electron chi connectivity index (χ4n) is 1.93. The molecule has 0 saturated carbocycles. The molecule has 0 unspecified atom stereocenters. The van der Waals surface area contributed by atoms with Crippen molar-refractivity contribution in [2.45, 2.75) is 6.54 Å². The van der Waals surface area contributed by atoms with Gasteiger partial charge in [0.2, 0.25) is 0 Å². The fourth-order valence-corrected chi connectivity index (χ4v) is 1.93. The molecular formula is C16H13N3O2. The molecule has 3 aromatic rings. The quantitative estimate of drug-likeness (QED) is 0.797. The highest BCUT2D eigenvalue weighted by atomic mass is 16.3. The zero-order valence-electron chi connectivity index (χ0n) is 11.2. The molecule has 21 heavy (non-hydrogen) atoms. The lowest BCUT2D eigenvalue weighted by molar-refractivity contribution is 0.0923. The highest BCUT2D eigenvalue weighted by molar-refractivity contribution is 5.91. The van der Waals surface area contributed by atoms with Crippen molar-refractivity contribution in [3.05, 3.63) is 72.6 Å². The lowest BCUT2D eigenvalue weighted by atomic mass is 10.1. The Hall–Kier alpha value is -2.95. The van der Waals surface area contributed by atoms with Gasteiger partial charge in [0.1, 0.15) is 0 Å². The second-order valence-electron chi connectivity index (χ2n) is 4.45. The van der Waals surface area contributed by atoms with Gasteiger partial charge in [0.15, 0.2) is 5.76 Å². The van der Waals surface area contributed by atoms with E-state index < -0.39 is 0 Å². The number of carbonyl (C=O) groups is 1. The SMILES string of the molecule is O=C(NCc1ccnc(-c2cccnc2)c1)c1ccco1. The van der Waals surface area contributed by atoms with E-state index in [2.05, 4.69) is 15.3 Å². The van der Waals surface area contributed by atoms with Gasteiger partial charge >= 0.3 is 0 Å². The van der Waals surface area contributed by atoms with Gasteiger partial charge in [-0.15, -0.1) is 0 Å². The smallest absolute Gasteiger partial charge is 0.287 e. The van der Waals surface area contributed by atoms with Crippen LogP contribution in [0.25, 0.3) is 11.3 Å². The summed E-state index contributed by atoms with van der Waals surface area (Å²) < 4.78 is 5.04. The van der Waals surface area contributed by atoms with Crippen LogP contribution < -0.4 is 5.32 Å². The van der Waals surface area contributed by atoms with Gasteiger partial charge in [-0.05, 0) is 42.0 Å². The summed E-state index contributed by atoms with van der Waals surface area (Å²) in [5.41, 5.74) is 2.73. The van der Waals surface area contributed by atoms with Crippen molar-refractivity contribution >= 4 is 5.91 Å². The van der Waals surface area contributed by atoms with Crippen LogP contribution in [0.3, 0.4) is 0 Å². The lowest BCUT2D eigenvalue weighted by Crippen LogP contribution is -2.22. The molecule has 104 valence electrons. The number of hydrogen-bond donors (Lipinski definition) is 1. The molecule has 0 spiro atoms. The van der Waals surface area contributed by atoms with Gasteiger partial charge in [0, 0.05) is 30.7 Å². The van der Waals surface area contributed by atoms with Crippen molar-refractivity contribution in [3.63, 3.8) is 0 Å². The zero-order chi connectivity index (χ0) is 14.5. The molecule has 0 bridgehead atoms. The van der Waals surface area contributed by atoms with Gasteiger partial charge < -0.3 is 9.73 Å². The Kier molecular flexibility index (Phi) is 3.73. The van der Waals surface area contributed by atoms with E-state index in [0.29, 0.717) is 12.3 Å². The van der Waals surface area contributed by atoms with E-state index in [4.69, 9.17) is 4.42 Å². The predicted octanol–water partition coefficient (Wildman–Crippen LogP) is 2.67.